The maximum absolute atomic E-state index is 14.1. The van der Waals surface area contributed by atoms with Gasteiger partial charge in [0.1, 0.15) is 11.5 Å². The van der Waals surface area contributed by atoms with Crippen molar-refractivity contribution >= 4 is 23.4 Å². The smallest absolute Gasteiger partial charge is 0.430 e. The minimum atomic E-state index is -5.20. The number of ether oxygens (including phenoxy) is 2. The van der Waals surface area contributed by atoms with Crippen LogP contribution in [0.4, 0.5) is 13.2 Å². The van der Waals surface area contributed by atoms with Gasteiger partial charge in [0.25, 0.3) is 17.4 Å². The van der Waals surface area contributed by atoms with Crippen LogP contribution in [-0.4, -0.2) is 73.8 Å². The SMILES string of the molecule is COc1cccc(C(O)(C(=O)N2CCC(CC(C)CCOc3ccc(C(=O)N(C)C)c(Cl)c3)CC2)C(F)(F)F)c1. The molecular weight excluding hydrogens is 549 g/mol. The Morgan fingerprint density at radius 2 is 1.80 bits per heavy atom. The molecule has 11 heteroatoms. The maximum atomic E-state index is 14.1. The van der Waals surface area contributed by atoms with Crippen LogP contribution in [0.3, 0.4) is 0 Å². The van der Waals surface area contributed by atoms with E-state index in [9.17, 15) is 27.9 Å². The van der Waals surface area contributed by atoms with Crippen LogP contribution in [0.1, 0.15) is 48.5 Å². The quantitative estimate of drug-likeness (QED) is 0.397. The van der Waals surface area contributed by atoms with Gasteiger partial charge in [-0.05, 0) is 67.9 Å². The van der Waals surface area contributed by atoms with Crippen molar-refractivity contribution in [3.63, 3.8) is 0 Å². The number of benzene rings is 2. The predicted octanol–water partition coefficient (Wildman–Crippen LogP) is 5.53. The maximum Gasteiger partial charge on any atom is 0.430 e. The molecule has 1 aliphatic rings. The number of hydrogen-bond acceptors (Lipinski definition) is 5. The molecule has 2 aromatic carbocycles. The molecule has 0 radical (unpaired) electrons. The molecule has 0 spiro atoms. The monoisotopic (exact) mass is 584 g/mol. The second-order valence-corrected chi connectivity index (χ2v) is 10.9. The number of halogens is 4. The Labute approximate surface area is 237 Å². The Hall–Kier alpha value is -2.98. The van der Waals surface area contributed by atoms with E-state index in [0.29, 0.717) is 35.8 Å². The van der Waals surface area contributed by atoms with Gasteiger partial charge in [0.05, 0.1) is 24.3 Å². The van der Waals surface area contributed by atoms with Crippen molar-refractivity contribution in [1.29, 1.82) is 0 Å². The third kappa shape index (κ3) is 7.20. The number of methoxy groups -OCH3 is 1. The Morgan fingerprint density at radius 1 is 1.12 bits per heavy atom. The molecule has 0 aliphatic carbocycles. The number of alkyl halides is 3. The molecule has 2 aromatic rings. The molecule has 1 fully saturated rings. The fraction of sp³-hybridized carbons (Fsp3) is 0.517. The summed E-state index contributed by atoms with van der Waals surface area (Å²) >= 11 is 6.23. The van der Waals surface area contributed by atoms with E-state index in [1.807, 2.05) is 0 Å². The summed E-state index contributed by atoms with van der Waals surface area (Å²) in [5.41, 5.74) is -3.82. The number of likely N-dealkylation sites (tertiary alicyclic amines) is 1. The topological polar surface area (TPSA) is 79.3 Å². The lowest BCUT2D eigenvalue weighted by atomic mass is 9.85. The third-order valence-electron chi connectivity index (χ3n) is 7.30. The first-order valence-corrected chi connectivity index (χ1v) is 13.5. The van der Waals surface area contributed by atoms with Gasteiger partial charge in [0, 0.05) is 32.7 Å². The standard InChI is InChI=1S/C29H36ClF3N2O5/c1-19(12-15-40-23-8-9-24(25(30)18-23)26(36)34(2)3)16-20-10-13-35(14-11-20)27(37)28(38,29(31,32)33)21-6-5-7-22(17-21)39-4/h5-9,17-20,38H,10-16H2,1-4H3. The summed E-state index contributed by atoms with van der Waals surface area (Å²) in [6, 6.07) is 9.82. The molecule has 1 heterocycles. The van der Waals surface area contributed by atoms with Gasteiger partial charge in [-0.1, -0.05) is 30.7 Å². The highest BCUT2D eigenvalue weighted by atomic mass is 35.5. The summed E-state index contributed by atoms with van der Waals surface area (Å²) in [6.07, 6.45) is -2.53. The van der Waals surface area contributed by atoms with Crippen molar-refractivity contribution in [2.75, 3.05) is 40.9 Å². The fourth-order valence-electron chi connectivity index (χ4n) is 4.92. The molecule has 2 unspecified atom stereocenters. The van der Waals surface area contributed by atoms with Crippen LogP contribution in [0.2, 0.25) is 5.02 Å². The van der Waals surface area contributed by atoms with E-state index in [1.54, 1.807) is 32.3 Å². The van der Waals surface area contributed by atoms with Gasteiger partial charge in [-0.25, -0.2) is 0 Å². The molecular formula is C29H36ClF3N2O5. The van der Waals surface area contributed by atoms with Gasteiger partial charge in [0.15, 0.2) is 0 Å². The van der Waals surface area contributed by atoms with Crippen LogP contribution in [0, 0.1) is 11.8 Å². The zero-order chi connectivity index (χ0) is 29.7. The molecule has 0 bridgehead atoms. The number of carbonyl (C=O) groups excluding carboxylic acids is 2. The van der Waals surface area contributed by atoms with Crippen LogP contribution >= 0.6 is 11.6 Å². The summed E-state index contributed by atoms with van der Waals surface area (Å²) in [6.45, 7) is 2.78. The summed E-state index contributed by atoms with van der Waals surface area (Å²) in [5.74, 6) is -0.370. The van der Waals surface area contributed by atoms with Crippen molar-refractivity contribution in [2.45, 2.75) is 44.4 Å². The molecule has 3 rings (SSSR count). The van der Waals surface area contributed by atoms with Crippen molar-refractivity contribution < 1.29 is 37.3 Å². The van der Waals surface area contributed by atoms with Crippen molar-refractivity contribution in [2.24, 2.45) is 11.8 Å². The number of hydrogen-bond donors (Lipinski definition) is 1. The molecule has 0 aromatic heterocycles. The van der Waals surface area contributed by atoms with E-state index in [1.165, 1.54) is 24.1 Å². The second-order valence-electron chi connectivity index (χ2n) is 10.5. The summed E-state index contributed by atoms with van der Waals surface area (Å²) < 4.78 is 53.0. The molecule has 2 atom stereocenters. The lowest BCUT2D eigenvalue weighted by Crippen LogP contribution is -2.57. The normalized spacial score (nSPS) is 16.7. The van der Waals surface area contributed by atoms with Crippen molar-refractivity contribution in [1.82, 2.24) is 9.80 Å². The fourth-order valence-corrected chi connectivity index (χ4v) is 5.17. The van der Waals surface area contributed by atoms with Crippen molar-refractivity contribution in [3.05, 3.63) is 58.6 Å². The first kappa shape index (κ1) is 31.5. The van der Waals surface area contributed by atoms with Crippen molar-refractivity contribution in [3.8, 4) is 11.5 Å². The Morgan fingerprint density at radius 3 is 2.38 bits per heavy atom. The van der Waals surface area contributed by atoms with Gasteiger partial charge >= 0.3 is 6.18 Å². The van der Waals surface area contributed by atoms with Gasteiger partial charge in [-0.3, -0.25) is 9.59 Å². The highest BCUT2D eigenvalue weighted by molar-refractivity contribution is 6.34. The van der Waals surface area contributed by atoms with Gasteiger partial charge < -0.3 is 24.4 Å². The highest BCUT2D eigenvalue weighted by Crippen LogP contribution is 2.42. The average Bonchev–Trinajstić information content (AvgIpc) is 2.91. The first-order valence-electron chi connectivity index (χ1n) is 13.1. The molecule has 7 nitrogen and oxygen atoms in total. The van der Waals surface area contributed by atoms with E-state index in [2.05, 4.69) is 6.92 Å². The number of aliphatic hydroxyl groups is 1. The first-order chi connectivity index (χ1) is 18.8. The van der Waals surface area contributed by atoms with E-state index in [4.69, 9.17) is 21.1 Å². The summed E-state index contributed by atoms with van der Waals surface area (Å²) in [5, 5.41) is 11.0. The third-order valence-corrected chi connectivity index (χ3v) is 7.61. The average molecular weight is 585 g/mol. The number of rotatable bonds is 10. The number of amides is 2. The number of carbonyl (C=O) groups is 2. The minimum absolute atomic E-state index is 0.115. The van der Waals surface area contributed by atoms with E-state index in [-0.39, 0.29) is 36.6 Å². The number of nitrogens with zero attached hydrogens (tertiary/aromatic N) is 2. The largest absolute Gasteiger partial charge is 0.497 e. The molecule has 40 heavy (non-hydrogen) atoms. The highest BCUT2D eigenvalue weighted by Gasteiger charge is 2.62. The molecule has 1 N–H and O–H groups in total. The van der Waals surface area contributed by atoms with Gasteiger partial charge in [0.2, 0.25) is 0 Å². The van der Waals surface area contributed by atoms with E-state index in [0.717, 1.165) is 29.9 Å². The van der Waals surface area contributed by atoms with E-state index < -0.39 is 23.2 Å². The summed E-state index contributed by atoms with van der Waals surface area (Å²) in [4.78, 5) is 27.7. The predicted molar refractivity (Wildman–Crippen MR) is 146 cm³/mol. The molecule has 1 saturated heterocycles. The Kier molecular flexibility index (Phi) is 10.3. The van der Waals surface area contributed by atoms with Crippen LogP contribution < -0.4 is 9.47 Å². The molecule has 220 valence electrons. The number of piperidine rings is 1. The van der Waals surface area contributed by atoms with Crippen LogP contribution in [0.15, 0.2) is 42.5 Å². The molecule has 2 amide bonds. The van der Waals surface area contributed by atoms with Gasteiger partial charge in [-0.15, -0.1) is 0 Å². The van der Waals surface area contributed by atoms with Crippen LogP contribution in [0.5, 0.6) is 11.5 Å². The molecule has 0 saturated carbocycles. The zero-order valence-corrected chi connectivity index (χ0v) is 23.9. The van der Waals surface area contributed by atoms with Crippen LogP contribution in [0.25, 0.3) is 0 Å². The second kappa shape index (κ2) is 13.1. The Bertz CT molecular complexity index is 1180. The lowest BCUT2D eigenvalue weighted by Gasteiger charge is -2.39. The summed E-state index contributed by atoms with van der Waals surface area (Å²) in [7, 11) is 4.60. The zero-order valence-electron chi connectivity index (χ0n) is 23.1. The van der Waals surface area contributed by atoms with Gasteiger partial charge in [-0.2, -0.15) is 13.2 Å². The molecule has 1 aliphatic heterocycles. The Balaban J connectivity index is 1.51. The van der Waals surface area contributed by atoms with Crippen LogP contribution in [-0.2, 0) is 10.4 Å². The van der Waals surface area contributed by atoms with E-state index >= 15 is 0 Å². The lowest BCUT2D eigenvalue weighted by molar-refractivity contribution is -0.262. The minimum Gasteiger partial charge on any atom is -0.497 e.